The molecule has 2 heteroatoms. The lowest BCUT2D eigenvalue weighted by molar-refractivity contribution is 0.516. The molecule has 0 bridgehead atoms. The van der Waals surface area contributed by atoms with Gasteiger partial charge in [-0.1, -0.05) is 37.5 Å². The smallest absolute Gasteiger partial charge is 0.0189 e. The van der Waals surface area contributed by atoms with E-state index in [1.165, 1.54) is 48.1 Å². The van der Waals surface area contributed by atoms with Gasteiger partial charge in [0, 0.05) is 16.7 Å². The molecule has 16 heavy (non-hydrogen) atoms. The van der Waals surface area contributed by atoms with Gasteiger partial charge in [0.05, 0.1) is 0 Å². The summed E-state index contributed by atoms with van der Waals surface area (Å²) in [6.07, 6.45) is 6.99. The first-order chi connectivity index (χ1) is 7.81. The zero-order valence-corrected chi connectivity index (χ0v) is 10.9. The van der Waals surface area contributed by atoms with Crippen molar-refractivity contribution >= 4 is 11.8 Å². The van der Waals surface area contributed by atoms with E-state index in [4.69, 9.17) is 5.73 Å². The van der Waals surface area contributed by atoms with Crippen molar-refractivity contribution in [1.29, 1.82) is 0 Å². The summed E-state index contributed by atoms with van der Waals surface area (Å²) in [7, 11) is 0. The molecular weight excluding hydrogens is 214 g/mol. The second-order valence-corrected chi connectivity index (χ2v) is 5.96. The van der Waals surface area contributed by atoms with Crippen LogP contribution in [-0.4, -0.2) is 5.25 Å². The van der Waals surface area contributed by atoms with E-state index in [9.17, 15) is 0 Å². The third-order valence-electron chi connectivity index (χ3n) is 3.35. The van der Waals surface area contributed by atoms with Gasteiger partial charge >= 0.3 is 0 Å². The molecule has 0 unspecified atom stereocenters. The Bertz CT molecular complexity index is 343. The van der Waals surface area contributed by atoms with Gasteiger partial charge in [-0.05, 0) is 30.9 Å². The van der Waals surface area contributed by atoms with Gasteiger partial charge in [0.25, 0.3) is 0 Å². The van der Waals surface area contributed by atoms with Crippen molar-refractivity contribution in [3.05, 3.63) is 29.3 Å². The van der Waals surface area contributed by atoms with Crippen LogP contribution in [-0.2, 0) is 6.54 Å². The maximum Gasteiger partial charge on any atom is 0.0189 e. The third-order valence-corrected chi connectivity index (χ3v) is 4.97. The standard InChI is InChI=1S/C14H21NS/c1-11-6-5-7-12(10-15)14(11)16-13-8-3-2-4-9-13/h5-7,13H,2-4,8-10,15H2,1H3. The Morgan fingerprint density at radius 1 is 1.25 bits per heavy atom. The Hall–Kier alpha value is -0.470. The molecule has 1 aliphatic rings. The highest BCUT2D eigenvalue weighted by Gasteiger charge is 2.16. The third kappa shape index (κ3) is 2.80. The van der Waals surface area contributed by atoms with Crippen LogP contribution in [0.4, 0.5) is 0 Å². The first kappa shape index (κ1) is 12.0. The van der Waals surface area contributed by atoms with E-state index in [2.05, 4.69) is 36.9 Å². The van der Waals surface area contributed by atoms with Crippen LogP contribution in [0.5, 0.6) is 0 Å². The second kappa shape index (κ2) is 5.74. The summed E-state index contributed by atoms with van der Waals surface area (Å²) in [5, 5.41) is 0.820. The average Bonchev–Trinajstić information content (AvgIpc) is 2.33. The molecule has 0 atom stereocenters. The fourth-order valence-electron chi connectivity index (χ4n) is 2.39. The number of benzene rings is 1. The lowest BCUT2D eigenvalue weighted by Crippen LogP contribution is -2.09. The summed E-state index contributed by atoms with van der Waals surface area (Å²) < 4.78 is 0. The SMILES string of the molecule is Cc1cccc(CN)c1SC1CCCCC1. The molecule has 1 aliphatic carbocycles. The molecule has 1 aromatic carbocycles. The molecular formula is C14H21NS. The average molecular weight is 235 g/mol. The molecule has 0 saturated heterocycles. The van der Waals surface area contributed by atoms with E-state index in [0.29, 0.717) is 6.54 Å². The lowest BCUT2D eigenvalue weighted by atomic mass is 10.0. The van der Waals surface area contributed by atoms with Gasteiger partial charge in [-0.3, -0.25) is 0 Å². The van der Waals surface area contributed by atoms with Crippen LogP contribution in [0.15, 0.2) is 23.1 Å². The van der Waals surface area contributed by atoms with Crippen molar-refractivity contribution in [2.75, 3.05) is 0 Å². The Balaban J connectivity index is 2.12. The van der Waals surface area contributed by atoms with Gasteiger partial charge in [-0.2, -0.15) is 0 Å². The van der Waals surface area contributed by atoms with E-state index in [0.717, 1.165) is 5.25 Å². The van der Waals surface area contributed by atoms with Crippen molar-refractivity contribution < 1.29 is 0 Å². The maximum atomic E-state index is 5.81. The minimum Gasteiger partial charge on any atom is -0.326 e. The largest absolute Gasteiger partial charge is 0.326 e. The summed E-state index contributed by atoms with van der Waals surface area (Å²) in [6.45, 7) is 2.86. The Morgan fingerprint density at radius 3 is 2.69 bits per heavy atom. The molecule has 1 fully saturated rings. The second-order valence-electron chi connectivity index (χ2n) is 4.65. The lowest BCUT2D eigenvalue weighted by Gasteiger charge is -2.23. The van der Waals surface area contributed by atoms with Crippen molar-refractivity contribution in [1.82, 2.24) is 0 Å². The monoisotopic (exact) mass is 235 g/mol. The highest BCUT2D eigenvalue weighted by atomic mass is 32.2. The molecule has 0 aliphatic heterocycles. The Morgan fingerprint density at radius 2 is 2.00 bits per heavy atom. The van der Waals surface area contributed by atoms with Crippen LogP contribution in [0, 0.1) is 6.92 Å². The summed E-state index contributed by atoms with van der Waals surface area (Å²) in [5.74, 6) is 0. The van der Waals surface area contributed by atoms with Crippen molar-refractivity contribution in [3.63, 3.8) is 0 Å². The van der Waals surface area contributed by atoms with E-state index >= 15 is 0 Å². The topological polar surface area (TPSA) is 26.0 Å². The predicted octanol–water partition coefficient (Wildman–Crippen LogP) is 3.88. The van der Waals surface area contributed by atoms with Crippen molar-refractivity contribution in [2.24, 2.45) is 5.73 Å². The molecule has 2 rings (SSSR count). The van der Waals surface area contributed by atoms with Gasteiger partial charge < -0.3 is 5.73 Å². The Labute approximate surface area is 103 Å². The van der Waals surface area contributed by atoms with Gasteiger partial charge in [-0.25, -0.2) is 0 Å². The summed E-state index contributed by atoms with van der Waals surface area (Å²) >= 11 is 2.06. The van der Waals surface area contributed by atoms with Gasteiger partial charge in [0.1, 0.15) is 0 Å². The van der Waals surface area contributed by atoms with Crippen LogP contribution >= 0.6 is 11.8 Å². The zero-order valence-electron chi connectivity index (χ0n) is 10.0. The van der Waals surface area contributed by atoms with Crippen LogP contribution < -0.4 is 5.73 Å². The molecule has 1 saturated carbocycles. The molecule has 1 aromatic rings. The van der Waals surface area contributed by atoms with E-state index in [1.807, 2.05) is 0 Å². The van der Waals surface area contributed by atoms with Gasteiger partial charge in [0.2, 0.25) is 0 Å². The van der Waals surface area contributed by atoms with Crippen molar-refractivity contribution in [2.45, 2.75) is 55.7 Å². The molecule has 0 spiro atoms. The minimum absolute atomic E-state index is 0.663. The fourth-order valence-corrected chi connectivity index (χ4v) is 3.85. The summed E-state index contributed by atoms with van der Waals surface area (Å²) in [6, 6.07) is 6.48. The Kier molecular flexibility index (Phi) is 4.30. The first-order valence-electron chi connectivity index (χ1n) is 6.26. The fraction of sp³-hybridized carbons (Fsp3) is 0.571. The molecule has 0 amide bonds. The van der Waals surface area contributed by atoms with Crippen LogP contribution in [0.25, 0.3) is 0 Å². The van der Waals surface area contributed by atoms with E-state index in [1.54, 1.807) is 0 Å². The number of hydrogen-bond acceptors (Lipinski definition) is 2. The van der Waals surface area contributed by atoms with E-state index in [-0.39, 0.29) is 0 Å². The maximum absolute atomic E-state index is 5.81. The molecule has 2 N–H and O–H groups in total. The minimum atomic E-state index is 0.663. The number of nitrogens with two attached hydrogens (primary N) is 1. The first-order valence-corrected chi connectivity index (χ1v) is 7.14. The predicted molar refractivity (Wildman–Crippen MR) is 71.8 cm³/mol. The number of aryl methyl sites for hydroxylation is 1. The number of hydrogen-bond donors (Lipinski definition) is 1. The van der Waals surface area contributed by atoms with Crippen molar-refractivity contribution in [3.8, 4) is 0 Å². The number of thioether (sulfide) groups is 1. The van der Waals surface area contributed by atoms with E-state index < -0.39 is 0 Å². The quantitative estimate of drug-likeness (QED) is 0.860. The van der Waals surface area contributed by atoms with Crippen LogP contribution in [0.1, 0.15) is 43.2 Å². The van der Waals surface area contributed by atoms with Gasteiger partial charge in [-0.15, -0.1) is 11.8 Å². The normalized spacial score (nSPS) is 17.6. The summed E-state index contributed by atoms with van der Waals surface area (Å²) in [5.41, 5.74) is 8.51. The molecule has 0 aromatic heterocycles. The highest BCUT2D eigenvalue weighted by Crippen LogP contribution is 2.36. The number of rotatable bonds is 3. The molecule has 88 valence electrons. The molecule has 0 heterocycles. The molecule has 0 radical (unpaired) electrons. The highest BCUT2D eigenvalue weighted by molar-refractivity contribution is 8.00. The zero-order chi connectivity index (χ0) is 11.4. The summed E-state index contributed by atoms with van der Waals surface area (Å²) in [4.78, 5) is 1.44. The van der Waals surface area contributed by atoms with Crippen LogP contribution in [0.3, 0.4) is 0 Å². The van der Waals surface area contributed by atoms with Crippen LogP contribution in [0.2, 0.25) is 0 Å². The van der Waals surface area contributed by atoms with Gasteiger partial charge in [0.15, 0.2) is 0 Å². The molecule has 1 nitrogen and oxygen atoms in total.